The lowest BCUT2D eigenvalue weighted by Crippen LogP contribution is -2.51. The summed E-state index contributed by atoms with van der Waals surface area (Å²) in [6.07, 6.45) is 0. The minimum absolute atomic E-state index is 0.435. The third kappa shape index (κ3) is 1.66. The van der Waals surface area contributed by atoms with Crippen molar-refractivity contribution in [3.63, 3.8) is 0 Å². The van der Waals surface area contributed by atoms with E-state index < -0.39 is 0 Å². The van der Waals surface area contributed by atoms with E-state index in [1.165, 1.54) is 0 Å². The van der Waals surface area contributed by atoms with E-state index in [-0.39, 0.29) is 0 Å². The Labute approximate surface area is 48.8 Å². The maximum Gasteiger partial charge on any atom is 0.169 e. The molecule has 0 atom stereocenters. The maximum atomic E-state index is 5.31. The van der Waals surface area contributed by atoms with E-state index >= 15 is 0 Å². The molecule has 46 valence electrons. The van der Waals surface area contributed by atoms with Crippen molar-refractivity contribution in [1.82, 2.24) is 0 Å². The van der Waals surface area contributed by atoms with Crippen molar-refractivity contribution in [2.45, 2.75) is 6.92 Å². The highest BCUT2D eigenvalue weighted by atomic mass is 14.7. The summed E-state index contributed by atoms with van der Waals surface area (Å²) in [5, 5.41) is 0. The third-order valence-corrected chi connectivity index (χ3v) is 0.864. The second-order valence-electron chi connectivity index (χ2n) is 1.69. The molecule has 0 heterocycles. The van der Waals surface area contributed by atoms with Crippen LogP contribution in [0.1, 0.15) is 6.92 Å². The molecular formula is C5H12N3+. The van der Waals surface area contributed by atoms with Gasteiger partial charge in [0.2, 0.25) is 0 Å². The Kier molecular flexibility index (Phi) is 2.09. The highest BCUT2D eigenvalue weighted by Crippen LogP contribution is 1.91. The predicted octanol–water partition coefficient (Wildman–Crippen LogP) is -1.11. The van der Waals surface area contributed by atoms with Crippen LogP contribution in [0.4, 0.5) is 0 Å². The Bertz CT molecular complexity index is 131. The van der Waals surface area contributed by atoms with Crippen LogP contribution in [0.25, 0.3) is 0 Å². The van der Waals surface area contributed by atoms with Gasteiger partial charge in [-0.3, -0.25) is 0 Å². The van der Waals surface area contributed by atoms with Gasteiger partial charge in [-0.2, -0.15) is 0 Å². The first-order valence-corrected chi connectivity index (χ1v) is 2.28. The molecule has 0 aromatic heterocycles. The quantitative estimate of drug-likeness (QED) is 0.378. The summed E-state index contributed by atoms with van der Waals surface area (Å²) < 4.78 is 0. The van der Waals surface area contributed by atoms with E-state index in [2.05, 4.69) is 12.3 Å². The Balaban J connectivity index is 4.23. The Morgan fingerprint density at radius 3 is 1.88 bits per heavy atom. The fourth-order valence-electron chi connectivity index (χ4n) is 0.253. The number of hydrogen-bond donors (Lipinski definition) is 3. The molecule has 0 spiro atoms. The molecule has 0 radical (unpaired) electrons. The van der Waals surface area contributed by atoms with Gasteiger partial charge >= 0.3 is 0 Å². The molecule has 3 heteroatoms. The fraction of sp³-hybridized carbons (Fsp3) is 0.200. The molecule has 0 saturated heterocycles. The van der Waals surface area contributed by atoms with E-state index in [0.717, 1.165) is 0 Å². The standard InChI is InChI=1S/C5H11N3/c1-3(6)5(8)4(2)7/h1,6-8H2,2H3/p+1. The van der Waals surface area contributed by atoms with Crippen molar-refractivity contribution < 1.29 is 5.73 Å². The molecule has 0 amide bonds. The van der Waals surface area contributed by atoms with Gasteiger partial charge in [-0.1, -0.05) is 6.58 Å². The Morgan fingerprint density at radius 2 is 1.88 bits per heavy atom. The van der Waals surface area contributed by atoms with Gasteiger partial charge in [-0.15, -0.1) is 0 Å². The van der Waals surface area contributed by atoms with Gasteiger partial charge in [-0.25, -0.2) is 0 Å². The largest absolute Gasteiger partial charge is 0.397 e. The van der Waals surface area contributed by atoms with Gasteiger partial charge in [0.15, 0.2) is 5.70 Å². The molecule has 0 unspecified atom stereocenters. The average molecular weight is 114 g/mol. The van der Waals surface area contributed by atoms with Crippen LogP contribution in [-0.2, 0) is 0 Å². The molecule has 0 fully saturated rings. The summed E-state index contributed by atoms with van der Waals surface area (Å²) >= 11 is 0. The van der Waals surface area contributed by atoms with Crippen LogP contribution in [-0.4, -0.2) is 0 Å². The van der Waals surface area contributed by atoms with E-state index in [4.69, 9.17) is 11.5 Å². The minimum Gasteiger partial charge on any atom is -0.397 e. The lowest BCUT2D eigenvalue weighted by atomic mass is 10.3. The van der Waals surface area contributed by atoms with Gasteiger partial charge in [-0.05, 0) is 6.92 Å². The number of quaternary nitrogens is 1. The lowest BCUT2D eigenvalue weighted by Gasteiger charge is -1.94. The van der Waals surface area contributed by atoms with Gasteiger partial charge in [0, 0.05) is 0 Å². The Morgan fingerprint density at radius 1 is 1.50 bits per heavy atom. The smallest absolute Gasteiger partial charge is 0.169 e. The molecule has 0 rings (SSSR count). The van der Waals surface area contributed by atoms with E-state index in [9.17, 15) is 0 Å². The van der Waals surface area contributed by atoms with E-state index in [1.54, 1.807) is 6.92 Å². The van der Waals surface area contributed by atoms with Crippen LogP contribution in [0, 0.1) is 0 Å². The zero-order chi connectivity index (χ0) is 6.73. The molecule has 8 heavy (non-hydrogen) atoms. The van der Waals surface area contributed by atoms with Gasteiger partial charge in [0.05, 0.1) is 11.4 Å². The van der Waals surface area contributed by atoms with Crippen LogP contribution in [0.3, 0.4) is 0 Å². The first-order chi connectivity index (χ1) is 3.55. The minimum atomic E-state index is 0.435. The van der Waals surface area contributed by atoms with Crippen molar-refractivity contribution >= 4 is 0 Å². The number of rotatable bonds is 1. The highest BCUT2D eigenvalue weighted by molar-refractivity contribution is 5.19. The highest BCUT2D eigenvalue weighted by Gasteiger charge is 1.96. The zero-order valence-electron chi connectivity index (χ0n) is 5.07. The molecule has 0 aliphatic carbocycles. The van der Waals surface area contributed by atoms with Gasteiger partial charge in [0.1, 0.15) is 0 Å². The van der Waals surface area contributed by atoms with Gasteiger partial charge < -0.3 is 17.2 Å². The van der Waals surface area contributed by atoms with Crippen LogP contribution in [0.5, 0.6) is 0 Å². The molecule has 0 aromatic rings. The van der Waals surface area contributed by atoms with Crippen molar-refractivity contribution in [2.24, 2.45) is 11.5 Å². The summed E-state index contributed by atoms with van der Waals surface area (Å²) in [5.74, 6) is 0. The molecular weight excluding hydrogens is 102 g/mol. The Hall–Kier alpha value is -0.960. The topological polar surface area (TPSA) is 79.7 Å². The molecule has 0 aliphatic rings. The summed E-state index contributed by atoms with van der Waals surface area (Å²) in [6.45, 7) is 5.19. The van der Waals surface area contributed by atoms with E-state index in [1.807, 2.05) is 0 Å². The first kappa shape index (κ1) is 7.04. The van der Waals surface area contributed by atoms with Crippen LogP contribution >= 0.6 is 0 Å². The molecule has 3 nitrogen and oxygen atoms in total. The monoisotopic (exact) mass is 114 g/mol. The number of allylic oxidation sites excluding steroid dienone is 1. The van der Waals surface area contributed by atoms with Crippen molar-refractivity contribution in [3.05, 3.63) is 23.7 Å². The summed E-state index contributed by atoms with van der Waals surface area (Å²) in [4.78, 5) is 0. The molecule has 0 aliphatic heterocycles. The van der Waals surface area contributed by atoms with Crippen LogP contribution in [0.15, 0.2) is 23.7 Å². The van der Waals surface area contributed by atoms with Crippen molar-refractivity contribution in [3.8, 4) is 0 Å². The fourth-order valence-corrected chi connectivity index (χ4v) is 0.253. The summed E-state index contributed by atoms with van der Waals surface area (Å²) in [7, 11) is 0. The van der Waals surface area contributed by atoms with Crippen molar-refractivity contribution in [1.29, 1.82) is 0 Å². The molecule has 0 bridgehead atoms. The molecule has 0 saturated carbocycles. The normalized spacial score (nSPS) is 12.8. The van der Waals surface area contributed by atoms with Crippen LogP contribution < -0.4 is 17.2 Å². The maximum absolute atomic E-state index is 5.31. The second kappa shape index (κ2) is 2.37. The zero-order valence-corrected chi connectivity index (χ0v) is 5.07. The first-order valence-electron chi connectivity index (χ1n) is 2.28. The van der Waals surface area contributed by atoms with Gasteiger partial charge in [0.25, 0.3) is 0 Å². The lowest BCUT2D eigenvalue weighted by molar-refractivity contribution is -0.299. The number of nitrogens with two attached hydrogens (primary N) is 2. The molecule has 0 aromatic carbocycles. The van der Waals surface area contributed by atoms with Crippen molar-refractivity contribution in [2.75, 3.05) is 0 Å². The van der Waals surface area contributed by atoms with E-state index in [0.29, 0.717) is 17.1 Å². The SMILES string of the molecule is C=C(N)C([NH3+])=C(C)N. The average Bonchev–Trinajstić information content (AvgIpc) is 1.64. The summed E-state index contributed by atoms with van der Waals surface area (Å²) in [5.41, 5.74) is 15.8. The second-order valence-corrected chi connectivity index (χ2v) is 1.69. The number of hydrogen-bond acceptors (Lipinski definition) is 2. The van der Waals surface area contributed by atoms with Crippen LogP contribution in [0.2, 0.25) is 0 Å². The summed E-state index contributed by atoms with van der Waals surface area (Å²) in [6, 6.07) is 0. The predicted molar refractivity (Wildman–Crippen MR) is 33.1 cm³/mol. The molecule has 7 N–H and O–H groups in total. The third-order valence-electron chi connectivity index (χ3n) is 0.864.